The van der Waals surface area contributed by atoms with Gasteiger partial charge in [0.1, 0.15) is 5.82 Å². The van der Waals surface area contributed by atoms with Gasteiger partial charge >= 0.3 is 0 Å². The molecule has 0 bridgehead atoms. The van der Waals surface area contributed by atoms with Crippen molar-refractivity contribution in [1.82, 2.24) is 19.9 Å². The van der Waals surface area contributed by atoms with E-state index in [2.05, 4.69) is 19.9 Å². The summed E-state index contributed by atoms with van der Waals surface area (Å²) in [6.45, 7) is 0. The zero-order valence-electron chi connectivity index (χ0n) is 8.79. The van der Waals surface area contributed by atoms with Gasteiger partial charge in [-0.1, -0.05) is 30.3 Å². The minimum atomic E-state index is -0.276. The van der Waals surface area contributed by atoms with E-state index in [0.29, 0.717) is 11.5 Å². The first-order valence-electron chi connectivity index (χ1n) is 5.11. The Morgan fingerprint density at radius 2 is 1.76 bits per heavy atom. The Labute approximate surface area is 96.2 Å². The number of H-pyrrole nitrogens is 1. The van der Waals surface area contributed by atoms with E-state index >= 15 is 0 Å². The molecule has 0 unspecified atom stereocenters. The van der Waals surface area contributed by atoms with Crippen LogP contribution in [0.5, 0.6) is 0 Å². The van der Waals surface area contributed by atoms with Crippen molar-refractivity contribution in [3.8, 4) is 11.4 Å². The van der Waals surface area contributed by atoms with Crippen LogP contribution in [0.1, 0.15) is 0 Å². The monoisotopic (exact) mass is 224 g/mol. The van der Waals surface area contributed by atoms with Gasteiger partial charge in [0.15, 0.2) is 11.2 Å². The van der Waals surface area contributed by atoms with Gasteiger partial charge in [-0.05, 0) is 0 Å². The van der Waals surface area contributed by atoms with Crippen LogP contribution in [0, 0.1) is 0 Å². The molecule has 2 heterocycles. The van der Waals surface area contributed by atoms with Crippen molar-refractivity contribution in [2.75, 3.05) is 0 Å². The maximum absolute atomic E-state index is 11.8. The molecule has 0 saturated carbocycles. The molecule has 0 saturated heterocycles. The third-order valence-corrected chi connectivity index (χ3v) is 2.39. The molecule has 0 atom stereocenters. The molecule has 2 aromatic heterocycles. The quantitative estimate of drug-likeness (QED) is 0.677. The first-order valence-corrected chi connectivity index (χ1v) is 5.11. The standard InChI is InChI=1S/C12H8N4O/c17-12-9-11(14-7-6-13-9)15-10(16-12)8-4-2-1-3-5-8/h1-7H,(H,14,15,16,17). The SMILES string of the molecule is O=c1[nH]c(-c2ccccc2)nc2nccnc12. The Kier molecular flexibility index (Phi) is 2.15. The van der Waals surface area contributed by atoms with E-state index < -0.39 is 0 Å². The predicted molar refractivity (Wildman–Crippen MR) is 63.4 cm³/mol. The molecule has 1 aromatic carbocycles. The first kappa shape index (κ1) is 9.65. The maximum atomic E-state index is 11.8. The van der Waals surface area contributed by atoms with Gasteiger partial charge < -0.3 is 4.98 Å². The van der Waals surface area contributed by atoms with Crippen molar-refractivity contribution < 1.29 is 0 Å². The number of fused-ring (bicyclic) bond motifs is 1. The summed E-state index contributed by atoms with van der Waals surface area (Å²) in [4.78, 5) is 26.7. The van der Waals surface area contributed by atoms with Crippen molar-refractivity contribution in [3.63, 3.8) is 0 Å². The zero-order valence-corrected chi connectivity index (χ0v) is 8.79. The first-order chi connectivity index (χ1) is 8.34. The average Bonchev–Trinajstić information content (AvgIpc) is 2.40. The van der Waals surface area contributed by atoms with E-state index in [1.807, 2.05) is 30.3 Å². The second kappa shape index (κ2) is 3.79. The lowest BCUT2D eigenvalue weighted by atomic mass is 10.2. The Morgan fingerprint density at radius 3 is 2.59 bits per heavy atom. The molecule has 5 nitrogen and oxygen atoms in total. The Morgan fingerprint density at radius 1 is 1.00 bits per heavy atom. The van der Waals surface area contributed by atoms with Gasteiger partial charge in [-0.3, -0.25) is 4.79 Å². The van der Waals surface area contributed by atoms with E-state index in [1.165, 1.54) is 12.4 Å². The van der Waals surface area contributed by atoms with Gasteiger partial charge in [-0.2, -0.15) is 0 Å². The van der Waals surface area contributed by atoms with Crippen LogP contribution >= 0.6 is 0 Å². The van der Waals surface area contributed by atoms with Gasteiger partial charge in [0.05, 0.1) is 0 Å². The second-order valence-corrected chi connectivity index (χ2v) is 3.51. The summed E-state index contributed by atoms with van der Waals surface area (Å²) in [6, 6.07) is 9.43. The summed E-state index contributed by atoms with van der Waals surface area (Å²) in [7, 11) is 0. The van der Waals surface area contributed by atoms with Gasteiger partial charge in [0.25, 0.3) is 5.56 Å². The summed E-state index contributed by atoms with van der Waals surface area (Å²) in [5, 5.41) is 0. The number of aromatic amines is 1. The summed E-state index contributed by atoms with van der Waals surface area (Å²) >= 11 is 0. The highest BCUT2D eigenvalue weighted by molar-refractivity contribution is 5.70. The van der Waals surface area contributed by atoms with Crippen molar-refractivity contribution in [3.05, 3.63) is 53.1 Å². The molecule has 0 radical (unpaired) electrons. The zero-order chi connectivity index (χ0) is 11.7. The Hall–Kier alpha value is -2.56. The van der Waals surface area contributed by atoms with E-state index in [4.69, 9.17) is 0 Å². The van der Waals surface area contributed by atoms with Crippen LogP contribution in [0.4, 0.5) is 0 Å². The van der Waals surface area contributed by atoms with Crippen LogP contribution in [0.2, 0.25) is 0 Å². The summed E-state index contributed by atoms with van der Waals surface area (Å²) in [5.41, 5.74) is 1.18. The fourth-order valence-corrected chi connectivity index (χ4v) is 1.61. The summed E-state index contributed by atoms with van der Waals surface area (Å²) in [5.74, 6) is 0.503. The second-order valence-electron chi connectivity index (χ2n) is 3.51. The number of hydrogen-bond donors (Lipinski definition) is 1. The van der Waals surface area contributed by atoms with E-state index in [1.54, 1.807) is 0 Å². The van der Waals surface area contributed by atoms with E-state index in [-0.39, 0.29) is 11.1 Å². The Bertz CT molecular complexity index is 721. The van der Waals surface area contributed by atoms with Crippen molar-refractivity contribution in [2.45, 2.75) is 0 Å². The molecule has 3 rings (SSSR count). The fraction of sp³-hybridized carbons (Fsp3) is 0. The van der Waals surface area contributed by atoms with Gasteiger partial charge in [0, 0.05) is 18.0 Å². The van der Waals surface area contributed by atoms with Crippen molar-refractivity contribution in [1.29, 1.82) is 0 Å². The minimum Gasteiger partial charge on any atom is -0.305 e. The normalized spacial score (nSPS) is 10.6. The lowest BCUT2D eigenvalue weighted by molar-refractivity contribution is 1.12. The molecule has 3 aromatic rings. The minimum absolute atomic E-state index is 0.257. The molecule has 0 aliphatic rings. The van der Waals surface area contributed by atoms with E-state index in [9.17, 15) is 4.79 Å². The van der Waals surface area contributed by atoms with Crippen LogP contribution in [0.25, 0.3) is 22.6 Å². The molecule has 1 N–H and O–H groups in total. The molecule has 0 fully saturated rings. The molecule has 5 heteroatoms. The van der Waals surface area contributed by atoms with Crippen molar-refractivity contribution in [2.24, 2.45) is 0 Å². The van der Waals surface area contributed by atoms with Gasteiger partial charge in [-0.15, -0.1) is 0 Å². The molecular formula is C12H8N4O. The highest BCUT2D eigenvalue weighted by Crippen LogP contribution is 2.13. The smallest absolute Gasteiger partial charge is 0.279 e. The average molecular weight is 224 g/mol. The number of rotatable bonds is 1. The number of aromatic nitrogens is 4. The Balaban J connectivity index is 2.30. The van der Waals surface area contributed by atoms with Crippen LogP contribution in [0.3, 0.4) is 0 Å². The lowest BCUT2D eigenvalue weighted by Gasteiger charge is -2.01. The molecule has 82 valence electrons. The predicted octanol–water partition coefficient (Wildman–Crippen LogP) is 1.38. The number of benzene rings is 1. The maximum Gasteiger partial charge on any atom is 0.279 e. The van der Waals surface area contributed by atoms with Gasteiger partial charge in [0.2, 0.25) is 0 Å². The van der Waals surface area contributed by atoms with Crippen LogP contribution in [-0.2, 0) is 0 Å². The van der Waals surface area contributed by atoms with Crippen molar-refractivity contribution >= 4 is 11.2 Å². The third-order valence-electron chi connectivity index (χ3n) is 2.39. The third kappa shape index (κ3) is 1.67. The topological polar surface area (TPSA) is 71.5 Å². The van der Waals surface area contributed by atoms with Crippen LogP contribution in [0.15, 0.2) is 47.5 Å². The van der Waals surface area contributed by atoms with E-state index in [0.717, 1.165) is 5.56 Å². The molecule has 0 aliphatic carbocycles. The number of hydrogen-bond acceptors (Lipinski definition) is 4. The van der Waals surface area contributed by atoms with Crippen LogP contribution < -0.4 is 5.56 Å². The molecule has 0 spiro atoms. The molecule has 0 aliphatic heterocycles. The largest absolute Gasteiger partial charge is 0.305 e. The lowest BCUT2D eigenvalue weighted by Crippen LogP contribution is -2.11. The number of nitrogens with one attached hydrogen (secondary N) is 1. The van der Waals surface area contributed by atoms with Crippen LogP contribution in [-0.4, -0.2) is 19.9 Å². The summed E-state index contributed by atoms with van der Waals surface area (Å²) < 4.78 is 0. The van der Waals surface area contributed by atoms with Gasteiger partial charge in [-0.25, -0.2) is 15.0 Å². The highest BCUT2D eigenvalue weighted by atomic mass is 16.1. The fourth-order valence-electron chi connectivity index (χ4n) is 1.61. The molecule has 17 heavy (non-hydrogen) atoms. The summed E-state index contributed by atoms with van der Waals surface area (Å²) in [6.07, 6.45) is 2.99. The molecular weight excluding hydrogens is 216 g/mol. The highest BCUT2D eigenvalue weighted by Gasteiger charge is 2.06. The molecule has 0 amide bonds. The number of nitrogens with zero attached hydrogens (tertiary/aromatic N) is 3.